The zero-order chi connectivity index (χ0) is 9.94. The van der Waals surface area contributed by atoms with Crippen molar-refractivity contribution in [2.24, 2.45) is 5.73 Å². The molecule has 0 aromatic carbocycles. The molecule has 0 aromatic heterocycles. The summed E-state index contributed by atoms with van der Waals surface area (Å²) in [5, 5.41) is 13.8. The third kappa shape index (κ3) is 23.7. The van der Waals surface area contributed by atoms with Crippen LogP contribution in [0.5, 0.6) is 0 Å². The number of carboxylic acid groups (broad SMARTS) is 1. The lowest BCUT2D eigenvalue weighted by Crippen LogP contribution is -2.24. The van der Waals surface area contributed by atoms with Crippen molar-refractivity contribution in [1.29, 1.82) is 0 Å². The number of unbranched alkanes of at least 4 members (excludes halogenated alkanes) is 1. The van der Waals surface area contributed by atoms with Gasteiger partial charge in [-0.1, -0.05) is 0 Å². The molecule has 0 bridgehead atoms. The van der Waals surface area contributed by atoms with Gasteiger partial charge in [0.1, 0.15) is 0 Å². The van der Waals surface area contributed by atoms with Crippen LogP contribution in [0.4, 0.5) is 4.79 Å². The van der Waals surface area contributed by atoms with Gasteiger partial charge in [0, 0.05) is 6.54 Å². The molecule has 5 nitrogen and oxygen atoms in total. The summed E-state index contributed by atoms with van der Waals surface area (Å²) >= 11 is 0. The first kappa shape index (κ1) is 25.0. The van der Waals surface area contributed by atoms with Crippen molar-refractivity contribution in [1.82, 2.24) is 10.6 Å². The Bertz CT molecular complexity index is 142. The molecule has 0 aliphatic carbocycles. The molecule has 0 heterocycles. The molecule has 0 rings (SSSR count). The number of carbonyl (C=O) groups is 1. The van der Waals surface area contributed by atoms with Crippen LogP contribution in [-0.2, 0) is 0 Å². The second-order valence-electron chi connectivity index (χ2n) is 2.83. The van der Waals surface area contributed by atoms with Gasteiger partial charge in [0.05, 0.1) is 0 Å². The van der Waals surface area contributed by atoms with E-state index in [0.29, 0.717) is 13.1 Å². The standard InChI is InChI=1S/C8H19N3O2.3ClH/c9-4-3-6-10-5-1-2-7-11-8(12)13;;;/h10-11H,1-7,9H2,(H,12,13);3*1H. The van der Waals surface area contributed by atoms with Crippen LogP contribution in [0.3, 0.4) is 0 Å². The van der Waals surface area contributed by atoms with Crippen LogP contribution in [0.1, 0.15) is 19.3 Å². The first-order valence-electron chi connectivity index (χ1n) is 4.65. The molecule has 0 aromatic rings. The molecule has 16 heavy (non-hydrogen) atoms. The van der Waals surface area contributed by atoms with Gasteiger partial charge in [-0.2, -0.15) is 0 Å². The summed E-state index contributed by atoms with van der Waals surface area (Å²) < 4.78 is 0. The third-order valence-corrected chi connectivity index (χ3v) is 1.61. The van der Waals surface area contributed by atoms with Crippen molar-refractivity contribution in [2.75, 3.05) is 26.2 Å². The fourth-order valence-electron chi connectivity index (χ4n) is 0.922. The predicted octanol–water partition coefficient (Wildman–Crippen LogP) is 1.24. The predicted molar refractivity (Wildman–Crippen MR) is 73.5 cm³/mol. The maximum Gasteiger partial charge on any atom is 0.404 e. The molecule has 1 amide bonds. The maximum atomic E-state index is 10.0. The Morgan fingerprint density at radius 3 is 2.00 bits per heavy atom. The lowest BCUT2D eigenvalue weighted by atomic mass is 10.3. The van der Waals surface area contributed by atoms with Gasteiger partial charge in [-0.05, 0) is 38.9 Å². The Kier molecular flexibility index (Phi) is 32.0. The summed E-state index contributed by atoms with van der Waals surface area (Å²) in [5.74, 6) is 0. The summed E-state index contributed by atoms with van der Waals surface area (Å²) in [4.78, 5) is 10.0. The van der Waals surface area contributed by atoms with Crippen LogP contribution in [0.25, 0.3) is 0 Å². The molecule has 0 aliphatic heterocycles. The number of nitrogens with two attached hydrogens (primary N) is 1. The molecule has 102 valence electrons. The zero-order valence-electron chi connectivity index (χ0n) is 9.11. The summed E-state index contributed by atoms with van der Waals surface area (Å²) in [6, 6.07) is 0. The van der Waals surface area contributed by atoms with Crippen LogP contribution in [0, 0.1) is 0 Å². The lowest BCUT2D eigenvalue weighted by molar-refractivity contribution is 0.194. The topological polar surface area (TPSA) is 87.4 Å². The largest absolute Gasteiger partial charge is 0.465 e. The molecule has 0 saturated carbocycles. The first-order chi connectivity index (χ1) is 6.27. The normalized spacial score (nSPS) is 8.06. The van der Waals surface area contributed by atoms with Crippen LogP contribution in [0.15, 0.2) is 0 Å². The molecule has 0 atom stereocenters. The van der Waals surface area contributed by atoms with Gasteiger partial charge in [-0.25, -0.2) is 4.79 Å². The van der Waals surface area contributed by atoms with Gasteiger partial charge in [-0.3, -0.25) is 0 Å². The quantitative estimate of drug-likeness (QED) is 0.508. The van der Waals surface area contributed by atoms with Gasteiger partial charge in [0.2, 0.25) is 0 Å². The highest BCUT2D eigenvalue weighted by Crippen LogP contribution is 1.84. The van der Waals surface area contributed by atoms with Crippen LogP contribution in [-0.4, -0.2) is 37.4 Å². The van der Waals surface area contributed by atoms with Crippen LogP contribution < -0.4 is 16.4 Å². The number of halogens is 3. The smallest absolute Gasteiger partial charge is 0.404 e. The van der Waals surface area contributed by atoms with E-state index in [4.69, 9.17) is 10.8 Å². The molecule has 0 unspecified atom stereocenters. The second-order valence-corrected chi connectivity index (χ2v) is 2.83. The SMILES string of the molecule is Cl.Cl.Cl.NCCCNCCCCNC(=O)O. The average Bonchev–Trinajstić information content (AvgIpc) is 2.09. The number of hydrogen-bond acceptors (Lipinski definition) is 3. The van der Waals surface area contributed by atoms with Gasteiger partial charge >= 0.3 is 6.09 Å². The monoisotopic (exact) mass is 297 g/mol. The Morgan fingerprint density at radius 2 is 1.50 bits per heavy atom. The Labute approximate surface area is 115 Å². The molecule has 5 N–H and O–H groups in total. The minimum atomic E-state index is -0.948. The number of rotatable bonds is 8. The van der Waals surface area contributed by atoms with E-state index in [1.807, 2.05) is 0 Å². The van der Waals surface area contributed by atoms with E-state index in [1.54, 1.807) is 0 Å². The Morgan fingerprint density at radius 1 is 1.00 bits per heavy atom. The third-order valence-electron chi connectivity index (χ3n) is 1.61. The minimum absolute atomic E-state index is 0. The molecular formula is C8H22Cl3N3O2. The van der Waals surface area contributed by atoms with E-state index >= 15 is 0 Å². The maximum absolute atomic E-state index is 10.0. The van der Waals surface area contributed by atoms with E-state index in [1.165, 1.54) is 0 Å². The number of amides is 1. The van der Waals surface area contributed by atoms with E-state index in [9.17, 15) is 4.79 Å². The van der Waals surface area contributed by atoms with E-state index in [2.05, 4.69) is 10.6 Å². The Balaban J connectivity index is -0.000000240. The molecule has 0 spiro atoms. The van der Waals surface area contributed by atoms with E-state index < -0.39 is 6.09 Å². The summed E-state index contributed by atoms with van der Waals surface area (Å²) in [6.45, 7) is 3.13. The number of nitrogens with one attached hydrogen (secondary N) is 2. The second kappa shape index (κ2) is 20.5. The molecule has 0 radical (unpaired) electrons. The van der Waals surface area contributed by atoms with Crippen LogP contribution in [0.2, 0.25) is 0 Å². The summed E-state index contributed by atoms with van der Waals surface area (Å²) in [5.41, 5.74) is 5.31. The van der Waals surface area contributed by atoms with Crippen molar-refractivity contribution in [3.8, 4) is 0 Å². The Hall–Kier alpha value is 0.0600. The molecular weight excluding hydrogens is 276 g/mol. The highest BCUT2D eigenvalue weighted by Gasteiger charge is 1.92. The molecule has 0 fully saturated rings. The fraction of sp³-hybridized carbons (Fsp3) is 0.875. The van der Waals surface area contributed by atoms with Crippen LogP contribution >= 0.6 is 37.2 Å². The van der Waals surface area contributed by atoms with Crippen molar-refractivity contribution in [3.05, 3.63) is 0 Å². The summed E-state index contributed by atoms with van der Waals surface area (Å²) in [6.07, 6.45) is 1.91. The first-order valence-corrected chi connectivity index (χ1v) is 4.65. The highest BCUT2D eigenvalue weighted by atomic mass is 35.5. The van der Waals surface area contributed by atoms with Crippen molar-refractivity contribution in [2.45, 2.75) is 19.3 Å². The average molecular weight is 299 g/mol. The van der Waals surface area contributed by atoms with E-state index in [0.717, 1.165) is 32.4 Å². The zero-order valence-corrected chi connectivity index (χ0v) is 11.6. The van der Waals surface area contributed by atoms with Gasteiger partial charge in [-0.15, -0.1) is 37.2 Å². The van der Waals surface area contributed by atoms with Gasteiger partial charge in [0.15, 0.2) is 0 Å². The van der Waals surface area contributed by atoms with Crippen molar-refractivity contribution in [3.63, 3.8) is 0 Å². The van der Waals surface area contributed by atoms with Crippen molar-refractivity contribution >= 4 is 43.3 Å². The van der Waals surface area contributed by atoms with Crippen molar-refractivity contribution < 1.29 is 9.90 Å². The molecule has 8 heteroatoms. The minimum Gasteiger partial charge on any atom is -0.465 e. The van der Waals surface area contributed by atoms with E-state index in [-0.39, 0.29) is 37.2 Å². The molecule has 0 aliphatic rings. The van der Waals surface area contributed by atoms with Gasteiger partial charge in [0.25, 0.3) is 0 Å². The lowest BCUT2D eigenvalue weighted by Gasteiger charge is -2.03. The fourth-order valence-corrected chi connectivity index (χ4v) is 0.922. The molecule has 0 saturated heterocycles. The number of hydrogen-bond donors (Lipinski definition) is 4. The summed E-state index contributed by atoms with van der Waals surface area (Å²) in [7, 11) is 0. The highest BCUT2D eigenvalue weighted by molar-refractivity contribution is 5.86. The van der Waals surface area contributed by atoms with Gasteiger partial charge < -0.3 is 21.5 Å².